The van der Waals surface area contributed by atoms with Crippen molar-refractivity contribution in [3.8, 4) is 5.75 Å². The highest BCUT2D eigenvalue weighted by molar-refractivity contribution is 9.08. The second kappa shape index (κ2) is 4.13. The Balaban J connectivity index is 2.69. The number of halogens is 1. The highest BCUT2D eigenvalue weighted by Crippen LogP contribution is 2.36. The van der Waals surface area contributed by atoms with Crippen molar-refractivity contribution < 1.29 is 5.11 Å². The van der Waals surface area contributed by atoms with Crippen molar-refractivity contribution in [1.29, 1.82) is 0 Å². The van der Waals surface area contributed by atoms with E-state index in [9.17, 15) is 5.11 Å². The fourth-order valence-electron chi connectivity index (χ4n) is 1.36. The summed E-state index contributed by atoms with van der Waals surface area (Å²) in [6.07, 6.45) is 1.97. The van der Waals surface area contributed by atoms with Crippen LogP contribution in [-0.2, 0) is 5.33 Å². The van der Waals surface area contributed by atoms with Gasteiger partial charge in [0.2, 0.25) is 0 Å². The number of thioether (sulfide) groups is 1. The third kappa shape index (κ3) is 1.66. The van der Waals surface area contributed by atoms with E-state index >= 15 is 0 Å². The van der Waals surface area contributed by atoms with Crippen LogP contribution >= 0.6 is 39.0 Å². The third-order valence-electron chi connectivity index (χ3n) is 2.10. The van der Waals surface area contributed by atoms with Crippen LogP contribution in [0.15, 0.2) is 22.4 Å². The van der Waals surface area contributed by atoms with E-state index in [1.54, 1.807) is 23.1 Å². The molecular weight excluding hydrogens is 280 g/mol. The second-order valence-electron chi connectivity index (χ2n) is 2.91. The van der Waals surface area contributed by atoms with E-state index in [2.05, 4.69) is 21.3 Å². The third-order valence-corrected chi connectivity index (χ3v) is 4.46. The number of hydrogen-bond acceptors (Lipinski definition) is 3. The molecule has 0 saturated carbocycles. The number of fused-ring (bicyclic) bond motifs is 1. The van der Waals surface area contributed by atoms with Crippen LogP contribution < -0.4 is 0 Å². The maximum atomic E-state index is 9.72. The summed E-state index contributed by atoms with van der Waals surface area (Å²) < 4.78 is 1.24. The molecule has 0 saturated heterocycles. The minimum atomic E-state index is 0.380. The number of thiophene rings is 1. The highest BCUT2D eigenvalue weighted by atomic mass is 79.9. The zero-order valence-corrected chi connectivity index (χ0v) is 10.8. The Morgan fingerprint density at radius 1 is 1.50 bits per heavy atom. The van der Waals surface area contributed by atoms with Gasteiger partial charge in [-0.25, -0.2) is 0 Å². The number of benzene rings is 1. The van der Waals surface area contributed by atoms with Gasteiger partial charge in [-0.2, -0.15) is 0 Å². The van der Waals surface area contributed by atoms with E-state index in [0.29, 0.717) is 5.75 Å². The molecule has 4 heteroatoms. The Hall–Kier alpha value is -0.190. The first-order valence-corrected chi connectivity index (χ1v) is 7.32. The Morgan fingerprint density at radius 2 is 2.29 bits per heavy atom. The monoisotopic (exact) mass is 288 g/mol. The van der Waals surface area contributed by atoms with Crippen molar-refractivity contribution in [3.05, 3.63) is 23.1 Å². The van der Waals surface area contributed by atoms with Crippen LogP contribution in [0.5, 0.6) is 5.75 Å². The summed E-state index contributed by atoms with van der Waals surface area (Å²) in [5, 5.41) is 13.8. The molecule has 1 aromatic carbocycles. The van der Waals surface area contributed by atoms with Crippen molar-refractivity contribution in [1.82, 2.24) is 0 Å². The summed E-state index contributed by atoms with van der Waals surface area (Å²) in [5.74, 6) is 0.380. The van der Waals surface area contributed by atoms with Gasteiger partial charge in [-0.1, -0.05) is 15.9 Å². The summed E-state index contributed by atoms with van der Waals surface area (Å²) in [7, 11) is 0. The van der Waals surface area contributed by atoms with Gasteiger partial charge in [-0.15, -0.1) is 23.1 Å². The molecule has 0 atom stereocenters. The molecule has 14 heavy (non-hydrogen) atoms. The van der Waals surface area contributed by atoms with Crippen molar-refractivity contribution >= 4 is 49.1 Å². The standard InChI is InChI=1S/C10H9BrOS2/c1-13-10-3-9-7(2-8(10)12)6(4-11)5-14-9/h2-3,5,12H,4H2,1H3. The van der Waals surface area contributed by atoms with Crippen molar-refractivity contribution in [2.45, 2.75) is 10.2 Å². The lowest BCUT2D eigenvalue weighted by molar-refractivity contribution is 0.463. The van der Waals surface area contributed by atoms with Gasteiger partial charge in [0.05, 0.1) is 4.90 Å². The molecule has 0 amide bonds. The van der Waals surface area contributed by atoms with Crippen LogP contribution in [-0.4, -0.2) is 11.4 Å². The molecule has 1 heterocycles. The average Bonchev–Trinajstić information content (AvgIpc) is 2.58. The molecule has 0 radical (unpaired) electrons. The number of alkyl halides is 1. The minimum absolute atomic E-state index is 0.380. The largest absolute Gasteiger partial charge is 0.507 e. The molecule has 0 bridgehead atoms. The first kappa shape index (κ1) is 10.3. The summed E-state index contributed by atoms with van der Waals surface area (Å²) in [6.45, 7) is 0. The molecule has 0 aliphatic heterocycles. The zero-order valence-electron chi connectivity index (χ0n) is 7.58. The van der Waals surface area contributed by atoms with Gasteiger partial charge in [-0.3, -0.25) is 0 Å². The highest BCUT2D eigenvalue weighted by Gasteiger charge is 2.07. The number of hydrogen-bond donors (Lipinski definition) is 1. The van der Waals surface area contributed by atoms with Crippen molar-refractivity contribution in [2.24, 2.45) is 0 Å². The van der Waals surface area contributed by atoms with E-state index in [4.69, 9.17) is 0 Å². The predicted molar refractivity (Wildman–Crippen MR) is 67.9 cm³/mol. The van der Waals surface area contributed by atoms with E-state index in [1.165, 1.54) is 10.3 Å². The lowest BCUT2D eigenvalue weighted by atomic mass is 10.2. The van der Waals surface area contributed by atoms with Gasteiger partial charge in [0, 0.05) is 15.4 Å². The molecule has 0 aliphatic rings. The minimum Gasteiger partial charge on any atom is -0.507 e. The number of aromatic hydroxyl groups is 1. The molecule has 0 fully saturated rings. The first-order valence-electron chi connectivity index (χ1n) is 4.09. The van der Waals surface area contributed by atoms with E-state index in [-0.39, 0.29) is 0 Å². The average molecular weight is 289 g/mol. The number of rotatable bonds is 2. The SMILES string of the molecule is CSc1cc2scc(CBr)c2cc1O. The zero-order chi connectivity index (χ0) is 10.1. The van der Waals surface area contributed by atoms with Gasteiger partial charge in [-0.05, 0) is 29.3 Å². The summed E-state index contributed by atoms with van der Waals surface area (Å²) in [4.78, 5) is 0.945. The van der Waals surface area contributed by atoms with Gasteiger partial charge in [0.15, 0.2) is 0 Å². The molecule has 0 aliphatic carbocycles. The molecule has 2 rings (SSSR count). The maximum absolute atomic E-state index is 9.72. The van der Waals surface area contributed by atoms with Crippen LogP contribution in [0.1, 0.15) is 5.56 Å². The summed E-state index contributed by atoms with van der Waals surface area (Å²) in [6, 6.07) is 3.90. The summed E-state index contributed by atoms with van der Waals surface area (Å²) >= 11 is 6.73. The molecule has 0 spiro atoms. The predicted octanol–water partition coefficient (Wildman–Crippen LogP) is 4.22. The van der Waals surface area contributed by atoms with Gasteiger partial charge in [0.25, 0.3) is 0 Å². The summed E-state index contributed by atoms with van der Waals surface area (Å²) in [5.41, 5.74) is 1.24. The Labute approximate surface area is 99.3 Å². The van der Waals surface area contributed by atoms with Gasteiger partial charge < -0.3 is 5.11 Å². The lowest BCUT2D eigenvalue weighted by Crippen LogP contribution is -1.76. The molecule has 2 aromatic rings. The van der Waals surface area contributed by atoms with E-state index in [0.717, 1.165) is 15.6 Å². The van der Waals surface area contributed by atoms with Crippen molar-refractivity contribution in [3.63, 3.8) is 0 Å². The topological polar surface area (TPSA) is 20.2 Å². The van der Waals surface area contributed by atoms with E-state index < -0.39 is 0 Å². The van der Waals surface area contributed by atoms with Gasteiger partial charge in [0.1, 0.15) is 5.75 Å². The molecule has 1 nitrogen and oxygen atoms in total. The Bertz CT molecular complexity index is 464. The number of phenols is 1. The molecule has 74 valence electrons. The fraction of sp³-hybridized carbons (Fsp3) is 0.200. The van der Waals surface area contributed by atoms with Crippen LogP contribution in [0.2, 0.25) is 0 Å². The van der Waals surface area contributed by atoms with Gasteiger partial charge >= 0.3 is 0 Å². The Kier molecular flexibility index (Phi) is 3.04. The quantitative estimate of drug-likeness (QED) is 0.659. The molecule has 1 N–H and O–H groups in total. The van der Waals surface area contributed by atoms with Crippen LogP contribution in [0.3, 0.4) is 0 Å². The number of phenolic OH excluding ortho intramolecular Hbond substituents is 1. The smallest absolute Gasteiger partial charge is 0.129 e. The second-order valence-corrected chi connectivity index (χ2v) is 5.23. The molecule has 0 unspecified atom stereocenters. The maximum Gasteiger partial charge on any atom is 0.129 e. The normalized spacial score (nSPS) is 11.0. The van der Waals surface area contributed by atoms with E-state index in [1.807, 2.05) is 18.4 Å². The lowest BCUT2D eigenvalue weighted by Gasteiger charge is -2.01. The molecule has 1 aromatic heterocycles. The van der Waals surface area contributed by atoms with Crippen LogP contribution in [0.25, 0.3) is 10.1 Å². The first-order chi connectivity index (χ1) is 6.76. The Morgan fingerprint density at radius 3 is 2.93 bits per heavy atom. The fourth-order valence-corrected chi connectivity index (χ4v) is 3.60. The van der Waals surface area contributed by atoms with Crippen LogP contribution in [0.4, 0.5) is 0 Å². The molecular formula is C10H9BrOS2. The van der Waals surface area contributed by atoms with Crippen LogP contribution in [0, 0.1) is 0 Å². The van der Waals surface area contributed by atoms with Crippen molar-refractivity contribution in [2.75, 3.05) is 6.26 Å².